The van der Waals surface area contributed by atoms with E-state index in [1.54, 1.807) is 27.7 Å². The Bertz CT molecular complexity index is 1430. The molecule has 3 aromatic rings. The van der Waals surface area contributed by atoms with E-state index in [2.05, 4.69) is 25.7 Å². The highest BCUT2D eigenvalue weighted by Gasteiger charge is 2.50. The molecule has 2 aliphatic carbocycles. The summed E-state index contributed by atoms with van der Waals surface area (Å²) in [5, 5.41) is 9.91. The van der Waals surface area contributed by atoms with Gasteiger partial charge in [-0.25, -0.2) is 32.9 Å². The molecule has 11 nitrogen and oxygen atoms in total. The first-order valence-corrected chi connectivity index (χ1v) is 12.7. The van der Waals surface area contributed by atoms with Gasteiger partial charge in [0.2, 0.25) is 5.88 Å². The normalized spacial score (nSPS) is 16.9. The largest absolute Gasteiger partial charge is 0.475 e. The van der Waals surface area contributed by atoms with E-state index in [1.807, 2.05) is 0 Å². The Morgan fingerprint density at radius 1 is 1.15 bits per heavy atom. The van der Waals surface area contributed by atoms with Crippen LogP contribution < -0.4 is 15.4 Å². The zero-order valence-electron chi connectivity index (χ0n) is 22.1. The van der Waals surface area contributed by atoms with Gasteiger partial charge in [0.05, 0.1) is 36.3 Å². The summed E-state index contributed by atoms with van der Waals surface area (Å²) in [4.78, 5) is 33.0. The number of amides is 1. The van der Waals surface area contributed by atoms with Crippen LogP contribution in [0, 0.1) is 11.6 Å². The topological polar surface area (TPSA) is 129 Å². The minimum Gasteiger partial charge on any atom is -0.475 e. The lowest BCUT2D eigenvalue weighted by Crippen LogP contribution is -2.44. The zero-order chi connectivity index (χ0) is 28.0. The van der Waals surface area contributed by atoms with Crippen LogP contribution >= 0.6 is 0 Å². The summed E-state index contributed by atoms with van der Waals surface area (Å²) in [5.41, 5.74) is -1.54. The van der Waals surface area contributed by atoms with Crippen LogP contribution in [0.2, 0.25) is 0 Å². The molecule has 2 fully saturated rings. The van der Waals surface area contributed by atoms with Crippen molar-refractivity contribution < 1.29 is 32.6 Å². The Hall–Kier alpha value is -4.03. The van der Waals surface area contributed by atoms with E-state index in [1.165, 1.54) is 12.3 Å². The average Bonchev–Trinajstić information content (AvgIpc) is 3.76. The first-order chi connectivity index (χ1) is 18.4. The molecule has 3 heterocycles. The lowest BCUT2D eigenvalue weighted by Gasteiger charge is -2.25. The van der Waals surface area contributed by atoms with Gasteiger partial charge in [0.15, 0.2) is 17.3 Å². The van der Waals surface area contributed by atoms with Gasteiger partial charge in [0.25, 0.3) is 0 Å². The lowest BCUT2D eigenvalue weighted by atomic mass is 10.1. The van der Waals surface area contributed by atoms with Gasteiger partial charge in [-0.15, -0.1) is 0 Å². The maximum atomic E-state index is 15.0. The molecule has 208 valence electrons. The number of nitrogens with one attached hydrogen (secondary N) is 2. The number of carbonyl (C=O) groups is 2. The number of halogens is 2. The number of fused-ring (bicyclic) bond motifs is 1. The number of pyridine rings is 1. The summed E-state index contributed by atoms with van der Waals surface area (Å²) in [6.45, 7) is 7.27. The van der Waals surface area contributed by atoms with E-state index in [0.29, 0.717) is 31.2 Å². The third-order valence-corrected chi connectivity index (χ3v) is 6.49. The minimum absolute atomic E-state index is 0.0911. The first kappa shape index (κ1) is 26.6. The highest BCUT2D eigenvalue weighted by atomic mass is 19.1. The van der Waals surface area contributed by atoms with Crippen LogP contribution in [0.1, 0.15) is 69.3 Å². The number of ether oxygens (including phenoxy) is 3. The number of carbonyl (C=O) groups excluding carboxylic acids is 2. The van der Waals surface area contributed by atoms with Crippen molar-refractivity contribution >= 4 is 23.5 Å². The number of esters is 1. The second-order valence-corrected chi connectivity index (χ2v) is 10.9. The average molecular weight is 545 g/mol. The zero-order valence-corrected chi connectivity index (χ0v) is 22.1. The molecule has 0 aliphatic heterocycles. The van der Waals surface area contributed by atoms with E-state index in [4.69, 9.17) is 14.2 Å². The Morgan fingerprint density at radius 2 is 1.90 bits per heavy atom. The highest BCUT2D eigenvalue weighted by molar-refractivity contribution is 5.95. The summed E-state index contributed by atoms with van der Waals surface area (Å²) in [6, 6.07) is 1.29. The van der Waals surface area contributed by atoms with Crippen LogP contribution in [0.25, 0.3) is 5.65 Å². The monoisotopic (exact) mass is 544 g/mol. The maximum absolute atomic E-state index is 15.0. The van der Waals surface area contributed by atoms with Crippen molar-refractivity contribution in [3.63, 3.8) is 0 Å². The molecule has 0 unspecified atom stereocenters. The summed E-state index contributed by atoms with van der Waals surface area (Å²) in [6.07, 6.45) is 5.30. The molecular weight excluding hydrogens is 514 g/mol. The smallest absolute Gasteiger partial charge is 0.408 e. The van der Waals surface area contributed by atoms with E-state index in [9.17, 15) is 14.0 Å². The van der Waals surface area contributed by atoms with Crippen LogP contribution in [0.4, 0.5) is 19.4 Å². The molecule has 2 N–H and O–H groups in total. The van der Waals surface area contributed by atoms with Gasteiger partial charge in [-0.05, 0) is 59.4 Å². The van der Waals surface area contributed by atoms with Crippen LogP contribution in [0.15, 0.2) is 24.7 Å². The number of hydrogen-bond acceptors (Lipinski definition) is 9. The van der Waals surface area contributed by atoms with Gasteiger partial charge in [-0.1, -0.05) is 0 Å². The van der Waals surface area contributed by atoms with Crippen LogP contribution in [0.5, 0.6) is 5.88 Å². The molecule has 0 radical (unpaired) electrons. The van der Waals surface area contributed by atoms with Crippen LogP contribution in [-0.4, -0.2) is 56.0 Å². The predicted octanol–water partition coefficient (Wildman–Crippen LogP) is 4.12. The van der Waals surface area contributed by atoms with Crippen molar-refractivity contribution in [2.45, 2.75) is 70.1 Å². The third kappa shape index (κ3) is 5.71. The van der Waals surface area contributed by atoms with Gasteiger partial charge in [0.1, 0.15) is 23.6 Å². The van der Waals surface area contributed by atoms with Crippen molar-refractivity contribution in [2.75, 3.05) is 18.5 Å². The fourth-order valence-corrected chi connectivity index (χ4v) is 4.21. The Labute approximate surface area is 223 Å². The fraction of sp³-hybridized carbons (Fsp3) is 0.500. The van der Waals surface area contributed by atoms with Crippen molar-refractivity contribution in [3.05, 3.63) is 47.4 Å². The summed E-state index contributed by atoms with van der Waals surface area (Å²) in [7, 11) is 0. The Kier molecular flexibility index (Phi) is 6.55. The number of nitrogens with zero attached hydrogens (tertiary/aromatic N) is 4. The summed E-state index contributed by atoms with van der Waals surface area (Å²) < 4.78 is 46.9. The molecule has 13 heteroatoms. The molecule has 1 amide bonds. The molecule has 0 atom stereocenters. The molecular formula is C26H30F2N6O5. The first-order valence-electron chi connectivity index (χ1n) is 12.7. The highest BCUT2D eigenvalue weighted by Crippen LogP contribution is 2.51. The molecule has 0 aromatic carbocycles. The molecule has 39 heavy (non-hydrogen) atoms. The molecule has 5 rings (SSSR count). The SMILES string of the molecule is CCOC(=O)c1cnn2cc(F)c(NC3(c4cc(F)cnc4OCC4(NC(=O)OC(C)(C)C)CC4)CC3)nc12. The number of alkyl carbamates (subject to hydrolysis) is 1. The number of aromatic nitrogens is 4. The minimum atomic E-state index is -0.893. The molecule has 0 saturated heterocycles. The van der Waals surface area contributed by atoms with Gasteiger partial charge in [-0.2, -0.15) is 5.10 Å². The van der Waals surface area contributed by atoms with Crippen molar-refractivity contribution in [1.29, 1.82) is 0 Å². The number of hydrogen-bond donors (Lipinski definition) is 2. The van der Waals surface area contributed by atoms with Gasteiger partial charge >= 0.3 is 12.1 Å². The fourth-order valence-electron chi connectivity index (χ4n) is 4.21. The summed E-state index contributed by atoms with van der Waals surface area (Å²) in [5.74, 6) is -1.89. The van der Waals surface area contributed by atoms with Crippen molar-refractivity contribution in [2.24, 2.45) is 0 Å². The van der Waals surface area contributed by atoms with E-state index in [0.717, 1.165) is 16.9 Å². The number of rotatable bonds is 9. The molecule has 0 spiro atoms. The Balaban J connectivity index is 1.37. The predicted molar refractivity (Wildman–Crippen MR) is 134 cm³/mol. The second-order valence-electron chi connectivity index (χ2n) is 10.9. The van der Waals surface area contributed by atoms with Gasteiger partial charge in [-0.3, -0.25) is 0 Å². The second kappa shape index (κ2) is 9.62. The van der Waals surface area contributed by atoms with Crippen molar-refractivity contribution in [3.8, 4) is 5.88 Å². The Morgan fingerprint density at radius 3 is 2.54 bits per heavy atom. The van der Waals surface area contributed by atoms with Crippen molar-refractivity contribution in [1.82, 2.24) is 24.9 Å². The van der Waals surface area contributed by atoms with E-state index < -0.39 is 40.4 Å². The van der Waals surface area contributed by atoms with Crippen LogP contribution in [-0.2, 0) is 15.0 Å². The lowest BCUT2D eigenvalue weighted by molar-refractivity contribution is 0.0473. The quantitative estimate of drug-likeness (QED) is 0.382. The third-order valence-electron chi connectivity index (χ3n) is 6.49. The van der Waals surface area contributed by atoms with Crippen LogP contribution in [0.3, 0.4) is 0 Å². The van der Waals surface area contributed by atoms with E-state index in [-0.39, 0.29) is 36.1 Å². The molecule has 3 aromatic heterocycles. The van der Waals surface area contributed by atoms with Gasteiger partial charge in [0, 0.05) is 5.56 Å². The molecule has 0 bridgehead atoms. The number of anilines is 1. The van der Waals surface area contributed by atoms with Gasteiger partial charge < -0.3 is 24.8 Å². The molecule has 2 saturated carbocycles. The molecule has 2 aliphatic rings. The summed E-state index contributed by atoms with van der Waals surface area (Å²) >= 11 is 0. The van der Waals surface area contributed by atoms with E-state index >= 15 is 4.39 Å². The maximum Gasteiger partial charge on any atom is 0.408 e. The standard InChI is InChI=1S/C26H30F2N6O5/c1-5-37-22(35)16-12-30-34-13-18(28)19(31-20(16)34)32-26(8-9-26)17-10-15(27)11-29-21(17)38-14-25(6-7-25)33-23(36)39-24(2,3)4/h10-13H,5-9,14H2,1-4H3,(H,31,32)(H,33,36).